The Labute approximate surface area is 192 Å². The molecule has 3 aromatic rings. The van der Waals surface area contributed by atoms with Crippen LogP contribution in [0.5, 0.6) is 0 Å². The molecule has 1 saturated heterocycles. The van der Waals surface area contributed by atoms with Crippen molar-refractivity contribution in [3.8, 4) is 5.69 Å². The van der Waals surface area contributed by atoms with Gasteiger partial charge in [-0.1, -0.05) is 48.5 Å². The van der Waals surface area contributed by atoms with Gasteiger partial charge in [0.2, 0.25) is 0 Å². The van der Waals surface area contributed by atoms with Crippen LogP contribution in [0.2, 0.25) is 5.02 Å². The van der Waals surface area contributed by atoms with Crippen molar-refractivity contribution >= 4 is 41.0 Å². The summed E-state index contributed by atoms with van der Waals surface area (Å²) < 4.78 is 2.19. The first kappa shape index (κ1) is 21.6. The Morgan fingerprint density at radius 3 is 2.61 bits per heavy atom. The quantitative estimate of drug-likeness (QED) is 0.453. The van der Waals surface area contributed by atoms with E-state index in [1.807, 2.05) is 37.3 Å². The van der Waals surface area contributed by atoms with Gasteiger partial charge in [0.15, 0.2) is 5.50 Å². The predicted octanol–water partition coefficient (Wildman–Crippen LogP) is 6.22. The summed E-state index contributed by atoms with van der Waals surface area (Å²) in [6.45, 7) is 8.30. The highest BCUT2D eigenvalue weighted by molar-refractivity contribution is 8.05. The van der Waals surface area contributed by atoms with Gasteiger partial charge in [-0.2, -0.15) is 0 Å². The molecule has 4 nitrogen and oxygen atoms in total. The van der Waals surface area contributed by atoms with E-state index >= 15 is 0 Å². The highest BCUT2D eigenvalue weighted by Crippen LogP contribution is 2.33. The Bertz CT molecular complexity index is 1160. The lowest BCUT2D eigenvalue weighted by molar-refractivity contribution is -0.116. The van der Waals surface area contributed by atoms with Gasteiger partial charge in [0, 0.05) is 27.8 Å². The van der Waals surface area contributed by atoms with Crippen LogP contribution >= 0.6 is 23.4 Å². The number of carbonyl (C=O) groups excluding carboxylic acids is 1. The molecule has 0 bridgehead atoms. The number of carbonyl (C=O) groups is 1. The normalized spacial score (nSPS) is 17.3. The maximum Gasteiger partial charge on any atom is 0.260 e. The van der Waals surface area contributed by atoms with Crippen molar-refractivity contribution in [1.29, 1.82) is 0 Å². The number of nitrogens with one attached hydrogen (secondary N) is 2. The standard InChI is InChI=1S/C25H26ClN3OS/c1-5-18-9-11-20(12-10-18)27-25-28-24(30)23(31-25)14-19-13-15(2)29(17(19)4)22-8-6-7-21(26)16(22)3/h6-14,25,27H,5H2,1-4H3,(H,28,30)/b23-14-/t25-/m0/s1. The molecule has 1 aromatic heterocycles. The smallest absolute Gasteiger partial charge is 0.260 e. The number of thioether (sulfide) groups is 1. The number of anilines is 1. The van der Waals surface area contributed by atoms with Crippen LogP contribution in [0.1, 0.15) is 35.0 Å². The molecule has 0 radical (unpaired) electrons. The van der Waals surface area contributed by atoms with E-state index in [1.165, 1.54) is 17.3 Å². The Balaban J connectivity index is 1.57. The first-order valence-electron chi connectivity index (χ1n) is 10.4. The molecule has 31 heavy (non-hydrogen) atoms. The number of hydrogen-bond donors (Lipinski definition) is 2. The fourth-order valence-electron chi connectivity index (χ4n) is 3.84. The molecular formula is C25H26ClN3OS. The lowest BCUT2D eigenvalue weighted by Crippen LogP contribution is -2.30. The predicted molar refractivity (Wildman–Crippen MR) is 132 cm³/mol. The topological polar surface area (TPSA) is 46.1 Å². The third kappa shape index (κ3) is 4.39. The Hall–Kier alpha value is -2.63. The van der Waals surface area contributed by atoms with Gasteiger partial charge in [0.25, 0.3) is 5.91 Å². The van der Waals surface area contributed by atoms with E-state index in [9.17, 15) is 4.79 Å². The molecule has 1 aliphatic rings. The van der Waals surface area contributed by atoms with Crippen molar-refractivity contribution in [1.82, 2.24) is 9.88 Å². The summed E-state index contributed by atoms with van der Waals surface area (Å²) in [4.78, 5) is 13.3. The second-order valence-electron chi connectivity index (χ2n) is 7.72. The molecule has 2 heterocycles. The number of aryl methyl sites for hydroxylation is 2. The van der Waals surface area contributed by atoms with Gasteiger partial charge >= 0.3 is 0 Å². The molecular weight excluding hydrogens is 426 g/mol. The first-order valence-corrected chi connectivity index (χ1v) is 11.6. The van der Waals surface area contributed by atoms with Gasteiger partial charge in [-0.15, -0.1) is 0 Å². The first-order chi connectivity index (χ1) is 14.9. The van der Waals surface area contributed by atoms with Crippen LogP contribution in [-0.2, 0) is 11.2 Å². The van der Waals surface area contributed by atoms with Gasteiger partial charge in [-0.25, -0.2) is 0 Å². The molecule has 1 aliphatic heterocycles. The second kappa shape index (κ2) is 8.85. The van der Waals surface area contributed by atoms with E-state index in [1.54, 1.807) is 0 Å². The van der Waals surface area contributed by atoms with Crippen LogP contribution in [0.3, 0.4) is 0 Å². The average Bonchev–Trinajstić information content (AvgIpc) is 3.23. The minimum atomic E-state index is -0.190. The highest BCUT2D eigenvalue weighted by atomic mass is 35.5. The lowest BCUT2D eigenvalue weighted by atomic mass is 10.1. The summed E-state index contributed by atoms with van der Waals surface area (Å²) in [7, 11) is 0. The Morgan fingerprint density at radius 2 is 1.90 bits per heavy atom. The van der Waals surface area contributed by atoms with E-state index in [2.05, 4.69) is 60.2 Å². The van der Waals surface area contributed by atoms with Crippen LogP contribution in [0.15, 0.2) is 53.4 Å². The van der Waals surface area contributed by atoms with E-state index in [0.29, 0.717) is 4.91 Å². The fourth-order valence-corrected chi connectivity index (χ4v) is 4.98. The summed E-state index contributed by atoms with van der Waals surface area (Å²) in [6.07, 6.45) is 2.98. The SMILES string of the molecule is CCc1ccc(N[C@H]2NC(=O)/C(=C/c3cc(C)n(-c4cccc(Cl)c4C)c3C)S2)cc1. The average molecular weight is 452 g/mol. The number of hydrogen-bond acceptors (Lipinski definition) is 3. The van der Waals surface area contributed by atoms with Crippen molar-refractivity contribution in [2.75, 3.05) is 5.32 Å². The van der Waals surface area contributed by atoms with Gasteiger partial charge < -0.3 is 15.2 Å². The zero-order chi connectivity index (χ0) is 22.1. The van der Waals surface area contributed by atoms with Crippen LogP contribution < -0.4 is 10.6 Å². The molecule has 2 N–H and O–H groups in total. The van der Waals surface area contributed by atoms with Crippen molar-refractivity contribution < 1.29 is 4.79 Å². The Kier molecular flexibility index (Phi) is 6.17. The molecule has 2 aromatic carbocycles. The molecule has 1 fully saturated rings. The fraction of sp³-hybridized carbons (Fsp3) is 0.240. The molecule has 160 valence electrons. The largest absolute Gasteiger partial charge is 0.357 e. The molecule has 6 heteroatoms. The van der Waals surface area contributed by atoms with Crippen molar-refractivity contribution in [3.63, 3.8) is 0 Å². The second-order valence-corrected chi connectivity index (χ2v) is 9.27. The van der Waals surface area contributed by atoms with Crippen molar-refractivity contribution in [3.05, 3.63) is 86.5 Å². The molecule has 1 amide bonds. The van der Waals surface area contributed by atoms with Crippen LogP contribution in [0, 0.1) is 20.8 Å². The molecule has 0 aliphatic carbocycles. The number of halogens is 1. The zero-order valence-corrected chi connectivity index (χ0v) is 19.7. The summed E-state index contributed by atoms with van der Waals surface area (Å²) >= 11 is 7.85. The number of nitrogens with zero attached hydrogens (tertiary/aromatic N) is 1. The van der Waals surface area contributed by atoms with Crippen LogP contribution in [-0.4, -0.2) is 16.0 Å². The van der Waals surface area contributed by atoms with Gasteiger partial charge in [0.1, 0.15) is 0 Å². The zero-order valence-electron chi connectivity index (χ0n) is 18.1. The minimum absolute atomic E-state index is 0.0589. The van der Waals surface area contributed by atoms with Crippen LogP contribution in [0.4, 0.5) is 5.69 Å². The molecule has 0 saturated carbocycles. The maximum atomic E-state index is 12.6. The molecule has 4 rings (SSSR count). The number of benzene rings is 2. The van der Waals surface area contributed by atoms with E-state index < -0.39 is 0 Å². The van der Waals surface area contributed by atoms with Crippen molar-refractivity contribution in [2.45, 2.75) is 39.6 Å². The number of aromatic nitrogens is 1. The van der Waals surface area contributed by atoms with Gasteiger partial charge in [0.05, 0.1) is 4.91 Å². The minimum Gasteiger partial charge on any atom is -0.357 e. The van der Waals surface area contributed by atoms with E-state index in [-0.39, 0.29) is 11.4 Å². The monoisotopic (exact) mass is 451 g/mol. The van der Waals surface area contributed by atoms with Crippen molar-refractivity contribution in [2.24, 2.45) is 0 Å². The van der Waals surface area contributed by atoms with Gasteiger partial charge in [-0.3, -0.25) is 4.79 Å². The molecule has 1 atom stereocenters. The summed E-state index contributed by atoms with van der Waals surface area (Å²) in [5, 5.41) is 7.14. The number of rotatable bonds is 5. The van der Waals surface area contributed by atoms with E-state index in [0.717, 1.165) is 45.3 Å². The van der Waals surface area contributed by atoms with Crippen LogP contribution in [0.25, 0.3) is 11.8 Å². The summed E-state index contributed by atoms with van der Waals surface area (Å²) in [6, 6.07) is 16.4. The highest BCUT2D eigenvalue weighted by Gasteiger charge is 2.27. The van der Waals surface area contributed by atoms with E-state index in [4.69, 9.17) is 11.6 Å². The third-order valence-corrected chi connectivity index (χ3v) is 7.07. The Morgan fingerprint density at radius 1 is 1.16 bits per heavy atom. The lowest BCUT2D eigenvalue weighted by Gasteiger charge is -2.13. The summed E-state index contributed by atoms with van der Waals surface area (Å²) in [5.41, 5.74) is 7.40. The molecule has 0 unspecified atom stereocenters. The third-order valence-electron chi connectivity index (χ3n) is 5.63. The molecule has 0 spiro atoms. The maximum absolute atomic E-state index is 12.6. The van der Waals surface area contributed by atoms with Gasteiger partial charge in [-0.05, 0) is 80.3 Å². The number of amides is 1. The summed E-state index contributed by atoms with van der Waals surface area (Å²) in [5.74, 6) is -0.0589.